The molecule has 7 nitrogen and oxygen atoms in total. The maximum Gasteiger partial charge on any atom is 0.337 e. The van der Waals surface area contributed by atoms with Gasteiger partial charge in [-0.3, -0.25) is 4.98 Å². The predicted molar refractivity (Wildman–Crippen MR) is 138 cm³/mol. The van der Waals surface area contributed by atoms with E-state index in [1.54, 1.807) is 19.4 Å². The zero-order chi connectivity index (χ0) is 24.4. The van der Waals surface area contributed by atoms with Gasteiger partial charge in [0.2, 0.25) is 0 Å². The van der Waals surface area contributed by atoms with Gasteiger partial charge in [0, 0.05) is 35.5 Å². The molecule has 0 bridgehead atoms. The normalized spacial score (nSPS) is 17.2. The maximum absolute atomic E-state index is 12.2. The summed E-state index contributed by atoms with van der Waals surface area (Å²) in [7, 11) is 3.03. The molecule has 1 fully saturated rings. The van der Waals surface area contributed by atoms with E-state index in [-0.39, 0.29) is 18.1 Å². The molecule has 2 unspecified atom stereocenters. The van der Waals surface area contributed by atoms with Crippen LogP contribution in [0.5, 0.6) is 5.75 Å². The van der Waals surface area contributed by atoms with Gasteiger partial charge < -0.3 is 24.3 Å². The fourth-order valence-corrected chi connectivity index (χ4v) is 4.81. The summed E-state index contributed by atoms with van der Waals surface area (Å²) >= 11 is 5.84. The number of nitrogens with one attached hydrogen (secondary N) is 1. The van der Waals surface area contributed by atoms with Gasteiger partial charge in [0.15, 0.2) is 5.11 Å². The molecule has 3 heterocycles. The SMILES string of the molecule is COC(=O)c1cccc(-n2cccc2C2C(c3ccccn3)NC(=S)N2c2cccc(OC)c2)c1. The van der Waals surface area contributed by atoms with Crippen molar-refractivity contribution < 1.29 is 14.3 Å². The second-order valence-corrected chi connectivity index (χ2v) is 8.43. The Morgan fingerprint density at radius 3 is 2.57 bits per heavy atom. The van der Waals surface area contributed by atoms with Crippen molar-refractivity contribution in [1.82, 2.24) is 14.9 Å². The number of pyridine rings is 1. The van der Waals surface area contributed by atoms with Crippen molar-refractivity contribution >= 4 is 29.0 Å². The van der Waals surface area contributed by atoms with E-state index < -0.39 is 0 Å². The highest BCUT2D eigenvalue weighted by atomic mass is 32.1. The van der Waals surface area contributed by atoms with E-state index in [1.165, 1.54) is 7.11 Å². The third kappa shape index (κ3) is 4.24. The Kier molecular flexibility index (Phi) is 6.20. The van der Waals surface area contributed by atoms with Gasteiger partial charge in [-0.1, -0.05) is 18.2 Å². The van der Waals surface area contributed by atoms with E-state index in [0.717, 1.165) is 28.5 Å². The van der Waals surface area contributed by atoms with Crippen LogP contribution in [-0.2, 0) is 4.74 Å². The summed E-state index contributed by atoms with van der Waals surface area (Å²) in [5.74, 6) is 0.361. The van der Waals surface area contributed by atoms with Gasteiger partial charge in [-0.15, -0.1) is 0 Å². The van der Waals surface area contributed by atoms with Crippen LogP contribution >= 0.6 is 12.2 Å². The highest BCUT2D eigenvalue weighted by Crippen LogP contribution is 2.42. The van der Waals surface area contributed by atoms with E-state index in [2.05, 4.69) is 25.8 Å². The van der Waals surface area contributed by atoms with E-state index in [1.807, 2.05) is 72.9 Å². The minimum atomic E-state index is -0.381. The number of ether oxygens (including phenoxy) is 2. The molecule has 0 aliphatic carbocycles. The Morgan fingerprint density at radius 1 is 0.971 bits per heavy atom. The van der Waals surface area contributed by atoms with Crippen LogP contribution in [0, 0.1) is 0 Å². The van der Waals surface area contributed by atoms with Crippen LogP contribution < -0.4 is 15.0 Å². The van der Waals surface area contributed by atoms with Crippen molar-refractivity contribution in [2.24, 2.45) is 0 Å². The number of carbonyl (C=O) groups excluding carboxylic acids is 1. The molecule has 0 spiro atoms. The number of aromatic nitrogens is 2. The van der Waals surface area contributed by atoms with Gasteiger partial charge in [0.25, 0.3) is 0 Å². The largest absolute Gasteiger partial charge is 0.497 e. The number of benzene rings is 2. The van der Waals surface area contributed by atoms with E-state index in [9.17, 15) is 4.79 Å². The molecular formula is C27H24N4O3S. The monoisotopic (exact) mass is 484 g/mol. The van der Waals surface area contributed by atoms with Crippen LogP contribution in [0.3, 0.4) is 0 Å². The molecule has 2 aromatic heterocycles. The molecule has 176 valence electrons. The van der Waals surface area contributed by atoms with Crippen LogP contribution in [0.15, 0.2) is 91.3 Å². The standard InChI is InChI=1S/C27H24N4O3S/c1-33-21-11-6-10-20(17-21)31-25(24(29-27(31)35)22-12-3-4-14-28-22)23-13-7-15-30(23)19-9-5-8-18(16-19)26(32)34-2/h3-17,24-25H,1-2H3,(H,29,35). The second-order valence-electron chi connectivity index (χ2n) is 8.04. The van der Waals surface area contributed by atoms with E-state index >= 15 is 0 Å². The molecule has 5 rings (SSSR count). The number of carbonyl (C=O) groups is 1. The lowest BCUT2D eigenvalue weighted by Crippen LogP contribution is -2.30. The average Bonchev–Trinajstić information content (AvgIpc) is 3.53. The molecule has 0 radical (unpaired) electrons. The van der Waals surface area contributed by atoms with E-state index in [0.29, 0.717) is 10.7 Å². The first-order valence-electron chi connectivity index (χ1n) is 11.1. The van der Waals surface area contributed by atoms with Gasteiger partial charge in [0.05, 0.1) is 31.5 Å². The number of nitrogens with zero attached hydrogens (tertiary/aromatic N) is 3. The summed E-state index contributed by atoms with van der Waals surface area (Å²) in [5, 5.41) is 4.07. The smallest absolute Gasteiger partial charge is 0.337 e. The number of esters is 1. The molecule has 1 aliphatic rings. The van der Waals surface area contributed by atoms with Gasteiger partial charge in [-0.05, 0) is 66.8 Å². The quantitative estimate of drug-likeness (QED) is 0.310. The molecular weight excluding hydrogens is 460 g/mol. The number of rotatable bonds is 6. The van der Waals surface area contributed by atoms with Crippen LogP contribution in [0.1, 0.15) is 33.8 Å². The van der Waals surface area contributed by atoms with Crippen molar-refractivity contribution in [3.8, 4) is 11.4 Å². The third-order valence-electron chi connectivity index (χ3n) is 6.06. The summed E-state index contributed by atoms with van der Waals surface area (Å²) < 4.78 is 12.5. The first kappa shape index (κ1) is 22.6. The van der Waals surface area contributed by atoms with Crippen LogP contribution in [0.4, 0.5) is 5.69 Å². The van der Waals surface area contributed by atoms with Crippen LogP contribution in [-0.4, -0.2) is 34.9 Å². The number of methoxy groups -OCH3 is 2. The molecule has 0 saturated carbocycles. The van der Waals surface area contributed by atoms with Crippen molar-refractivity contribution in [3.05, 3.63) is 108 Å². The van der Waals surface area contributed by atoms with E-state index in [4.69, 9.17) is 21.7 Å². The zero-order valence-electron chi connectivity index (χ0n) is 19.3. The first-order valence-corrected chi connectivity index (χ1v) is 11.5. The van der Waals surface area contributed by atoms with Crippen LogP contribution in [0.25, 0.3) is 5.69 Å². The molecule has 1 saturated heterocycles. The fraction of sp³-hybridized carbons (Fsp3) is 0.148. The lowest BCUT2D eigenvalue weighted by atomic mass is 10.0. The number of thiocarbonyl (C=S) groups is 1. The highest BCUT2D eigenvalue weighted by Gasteiger charge is 2.42. The molecule has 2 aromatic carbocycles. The minimum Gasteiger partial charge on any atom is -0.497 e. The summed E-state index contributed by atoms with van der Waals surface area (Å²) in [6.07, 6.45) is 3.76. The van der Waals surface area contributed by atoms with Gasteiger partial charge in [-0.25, -0.2) is 4.79 Å². The summed E-state index contributed by atoms with van der Waals surface area (Å²) in [6.45, 7) is 0. The van der Waals surface area contributed by atoms with Crippen molar-refractivity contribution in [1.29, 1.82) is 0 Å². The van der Waals surface area contributed by atoms with Crippen LogP contribution in [0.2, 0.25) is 0 Å². The molecule has 8 heteroatoms. The lowest BCUT2D eigenvalue weighted by molar-refractivity contribution is 0.0600. The third-order valence-corrected chi connectivity index (χ3v) is 6.37. The minimum absolute atomic E-state index is 0.202. The summed E-state index contributed by atoms with van der Waals surface area (Å²) in [4.78, 5) is 18.9. The predicted octanol–water partition coefficient (Wildman–Crippen LogP) is 4.84. The molecule has 35 heavy (non-hydrogen) atoms. The Hall–Kier alpha value is -4.17. The Bertz CT molecular complexity index is 1370. The Balaban J connectivity index is 1.65. The van der Waals surface area contributed by atoms with Gasteiger partial charge >= 0.3 is 5.97 Å². The molecule has 2 atom stereocenters. The Labute approximate surface area is 208 Å². The molecule has 4 aromatic rings. The number of hydrogen-bond donors (Lipinski definition) is 1. The zero-order valence-corrected chi connectivity index (χ0v) is 20.1. The van der Waals surface area contributed by atoms with Crippen molar-refractivity contribution in [2.45, 2.75) is 12.1 Å². The van der Waals surface area contributed by atoms with Crippen molar-refractivity contribution in [2.75, 3.05) is 19.1 Å². The van der Waals surface area contributed by atoms with Crippen molar-refractivity contribution in [3.63, 3.8) is 0 Å². The molecule has 1 aliphatic heterocycles. The molecule has 1 N–H and O–H groups in total. The fourth-order valence-electron chi connectivity index (χ4n) is 4.46. The topological polar surface area (TPSA) is 68.6 Å². The second kappa shape index (κ2) is 9.60. The summed E-state index contributed by atoms with van der Waals surface area (Å²) in [5.41, 5.74) is 4.09. The lowest BCUT2D eigenvalue weighted by Gasteiger charge is -2.29. The number of anilines is 1. The highest BCUT2D eigenvalue weighted by molar-refractivity contribution is 7.80. The number of hydrogen-bond acceptors (Lipinski definition) is 5. The first-order chi connectivity index (χ1) is 17.1. The Morgan fingerprint density at radius 2 is 1.80 bits per heavy atom. The molecule has 0 amide bonds. The van der Waals surface area contributed by atoms with Gasteiger partial charge in [0.1, 0.15) is 11.8 Å². The average molecular weight is 485 g/mol. The van der Waals surface area contributed by atoms with Gasteiger partial charge in [-0.2, -0.15) is 0 Å². The summed E-state index contributed by atoms with van der Waals surface area (Å²) in [6, 6.07) is 24.7. The maximum atomic E-state index is 12.2.